The van der Waals surface area contributed by atoms with Crippen LogP contribution in [0.1, 0.15) is 34.1 Å². The molecule has 0 radical (unpaired) electrons. The second-order valence-corrected chi connectivity index (χ2v) is 9.09. The highest BCUT2D eigenvalue weighted by atomic mass is 79.9. The Hall–Kier alpha value is 0.945. The van der Waals surface area contributed by atoms with Crippen molar-refractivity contribution in [1.29, 1.82) is 0 Å². The Kier molecular flexibility index (Phi) is 2.44. The van der Waals surface area contributed by atoms with E-state index in [1.807, 2.05) is 0 Å². The third-order valence-corrected chi connectivity index (χ3v) is 5.30. The first-order chi connectivity index (χ1) is 6.16. The predicted molar refractivity (Wildman–Crippen MR) is 65.0 cm³/mol. The normalized spacial score (nSPS) is 37.3. The largest absolute Gasteiger partial charge is 0.463 e. The van der Waals surface area contributed by atoms with Crippen LogP contribution in [0.15, 0.2) is 0 Å². The minimum atomic E-state index is -0.212. The summed E-state index contributed by atoms with van der Waals surface area (Å²) in [5.41, 5.74) is -0.424. The van der Waals surface area contributed by atoms with Gasteiger partial charge in [-0.25, -0.2) is 0 Å². The molecule has 0 bridgehead atoms. The molecule has 1 saturated heterocycles. The van der Waals surface area contributed by atoms with Gasteiger partial charge in [-0.05, 0) is 34.1 Å². The fraction of sp³-hybridized carbons (Fsp3) is 1.00. The van der Waals surface area contributed by atoms with Crippen molar-refractivity contribution in [2.45, 2.75) is 54.4 Å². The molecule has 0 unspecified atom stereocenters. The number of halogens is 2. The van der Waals surface area contributed by atoms with Crippen LogP contribution in [0.25, 0.3) is 0 Å². The van der Waals surface area contributed by atoms with Crippen LogP contribution in [-0.2, 0) is 9.31 Å². The second kappa shape index (κ2) is 2.99. The lowest BCUT2D eigenvalue weighted by molar-refractivity contribution is 0.00578. The molecule has 0 aromatic carbocycles. The number of hydrogen-bond donors (Lipinski definition) is 0. The van der Waals surface area contributed by atoms with Gasteiger partial charge in [-0.2, -0.15) is 0 Å². The molecule has 2 fully saturated rings. The minimum Gasteiger partial charge on any atom is -0.403 e. The Labute approximate surface area is 103 Å². The van der Waals surface area contributed by atoms with Crippen molar-refractivity contribution in [3.63, 3.8) is 0 Å². The topological polar surface area (TPSA) is 18.5 Å². The average Bonchev–Trinajstić information content (AvgIpc) is 2.49. The van der Waals surface area contributed by atoms with Crippen LogP contribution < -0.4 is 0 Å². The molecule has 80 valence electrons. The zero-order chi connectivity index (χ0) is 10.8. The first-order valence-electron chi connectivity index (χ1n) is 4.89. The predicted octanol–water partition coefficient (Wildman–Crippen LogP) is 3.34. The van der Waals surface area contributed by atoms with E-state index in [4.69, 9.17) is 9.31 Å². The molecule has 1 aliphatic carbocycles. The van der Waals surface area contributed by atoms with Gasteiger partial charge in [0.05, 0.1) is 14.4 Å². The smallest absolute Gasteiger partial charge is 0.403 e. The average molecular weight is 326 g/mol. The zero-order valence-corrected chi connectivity index (χ0v) is 12.1. The Bertz CT molecular complexity index is 250. The summed E-state index contributed by atoms with van der Waals surface area (Å²) in [6, 6.07) is 0. The lowest BCUT2D eigenvalue weighted by atomic mass is 9.82. The van der Waals surface area contributed by atoms with Crippen LogP contribution in [0.5, 0.6) is 0 Å². The standard InChI is InChI=1S/C9H15BBr2O2/c1-7(2)8(3,4)14-10(13-7)6-5-9(6,11)12/h6H,5H2,1-4H3/t6-/m1/s1. The van der Waals surface area contributed by atoms with Gasteiger partial charge >= 0.3 is 7.12 Å². The highest BCUT2D eigenvalue weighted by Gasteiger charge is 2.65. The number of hydrogen-bond acceptors (Lipinski definition) is 2. The number of alkyl halides is 2. The van der Waals surface area contributed by atoms with Gasteiger partial charge in [-0.15, -0.1) is 0 Å². The van der Waals surface area contributed by atoms with E-state index in [0.717, 1.165) is 6.42 Å². The molecule has 2 nitrogen and oxygen atoms in total. The fourth-order valence-electron chi connectivity index (χ4n) is 1.58. The molecule has 0 aromatic heterocycles. The van der Waals surface area contributed by atoms with Crippen LogP contribution in [0.4, 0.5) is 0 Å². The van der Waals surface area contributed by atoms with Gasteiger partial charge in [0.2, 0.25) is 0 Å². The van der Waals surface area contributed by atoms with Crippen molar-refractivity contribution in [1.82, 2.24) is 0 Å². The Balaban J connectivity index is 2.08. The molecule has 1 heterocycles. The molecule has 2 aliphatic rings. The van der Waals surface area contributed by atoms with Crippen molar-refractivity contribution < 1.29 is 9.31 Å². The lowest BCUT2D eigenvalue weighted by Crippen LogP contribution is -2.41. The Morgan fingerprint density at radius 2 is 1.43 bits per heavy atom. The van der Waals surface area contributed by atoms with Gasteiger partial charge < -0.3 is 9.31 Å². The molecule has 0 N–H and O–H groups in total. The summed E-state index contributed by atoms with van der Waals surface area (Å²) in [6.45, 7) is 8.33. The summed E-state index contributed by atoms with van der Waals surface area (Å²) in [4.78, 5) is 0. The van der Waals surface area contributed by atoms with E-state index < -0.39 is 0 Å². The van der Waals surface area contributed by atoms with Crippen LogP contribution in [0.2, 0.25) is 5.82 Å². The second-order valence-electron chi connectivity index (χ2n) is 5.20. The molecule has 0 amide bonds. The van der Waals surface area contributed by atoms with Crippen LogP contribution >= 0.6 is 31.9 Å². The SMILES string of the molecule is CC1(C)OB([C@@H]2CC2(Br)Br)OC1(C)C. The van der Waals surface area contributed by atoms with Crippen molar-refractivity contribution >= 4 is 39.0 Å². The van der Waals surface area contributed by atoms with E-state index in [1.54, 1.807) is 0 Å². The maximum absolute atomic E-state index is 5.94. The Morgan fingerprint density at radius 3 is 1.71 bits per heavy atom. The van der Waals surface area contributed by atoms with E-state index in [1.165, 1.54) is 0 Å². The first-order valence-corrected chi connectivity index (χ1v) is 6.48. The maximum atomic E-state index is 5.94. The summed E-state index contributed by atoms with van der Waals surface area (Å²) < 4.78 is 11.9. The van der Waals surface area contributed by atoms with E-state index >= 15 is 0 Å². The van der Waals surface area contributed by atoms with Gasteiger partial charge in [0.15, 0.2) is 0 Å². The molecule has 1 atom stereocenters. The summed E-state index contributed by atoms with van der Waals surface area (Å²) in [7, 11) is -0.0845. The van der Waals surface area contributed by atoms with E-state index in [0.29, 0.717) is 5.82 Å². The van der Waals surface area contributed by atoms with Crippen molar-refractivity contribution in [3.8, 4) is 0 Å². The highest BCUT2D eigenvalue weighted by molar-refractivity contribution is 9.25. The zero-order valence-electron chi connectivity index (χ0n) is 8.93. The lowest BCUT2D eigenvalue weighted by Gasteiger charge is -2.32. The van der Waals surface area contributed by atoms with Crippen molar-refractivity contribution in [2.75, 3.05) is 0 Å². The molecule has 0 aromatic rings. The maximum Gasteiger partial charge on any atom is 0.463 e. The minimum absolute atomic E-state index is 0.0428. The van der Waals surface area contributed by atoms with Gasteiger partial charge in [0.25, 0.3) is 0 Å². The van der Waals surface area contributed by atoms with Gasteiger partial charge in [0, 0.05) is 5.82 Å². The van der Waals surface area contributed by atoms with Crippen LogP contribution in [0, 0.1) is 0 Å². The van der Waals surface area contributed by atoms with E-state index in [9.17, 15) is 0 Å². The molecule has 5 heteroatoms. The highest BCUT2D eigenvalue weighted by Crippen LogP contribution is 2.64. The molecule has 1 saturated carbocycles. The molecule has 1 aliphatic heterocycles. The van der Waals surface area contributed by atoms with E-state index in [-0.39, 0.29) is 21.6 Å². The quantitative estimate of drug-likeness (QED) is 0.544. The van der Waals surface area contributed by atoms with E-state index in [2.05, 4.69) is 59.6 Å². The van der Waals surface area contributed by atoms with Gasteiger partial charge in [0.1, 0.15) is 0 Å². The molecular formula is C9H15BBr2O2. The third kappa shape index (κ3) is 1.70. The Morgan fingerprint density at radius 1 is 1.07 bits per heavy atom. The van der Waals surface area contributed by atoms with Crippen molar-refractivity contribution in [2.24, 2.45) is 0 Å². The van der Waals surface area contributed by atoms with Gasteiger partial charge in [-0.3, -0.25) is 0 Å². The van der Waals surface area contributed by atoms with Gasteiger partial charge in [-0.1, -0.05) is 31.9 Å². The summed E-state index contributed by atoms with van der Waals surface area (Å²) >= 11 is 7.19. The first kappa shape index (κ1) is 11.4. The summed E-state index contributed by atoms with van der Waals surface area (Å²) in [5, 5.41) is 0. The molecular weight excluding hydrogens is 311 g/mol. The molecule has 14 heavy (non-hydrogen) atoms. The fourth-order valence-corrected chi connectivity index (χ4v) is 2.71. The third-order valence-electron chi connectivity index (χ3n) is 3.47. The molecule has 0 spiro atoms. The van der Waals surface area contributed by atoms with Crippen molar-refractivity contribution in [3.05, 3.63) is 0 Å². The summed E-state index contributed by atoms with van der Waals surface area (Å²) in [5.74, 6) is 0.420. The summed E-state index contributed by atoms with van der Waals surface area (Å²) in [6.07, 6.45) is 1.06. The van der Waals surface area contributed by atoms with Crippen LogP contribution in [0.3, 0.4) is 0 Å². The number of rotatable bonds is 1. The van der Waals surface area contributed by atoms with Crippen LogP contribution in [-0.4, -0.2) is 21.6 Å². The molecule has 2 rings (SSSR count). The monoisotopic (exact) mass is 324 g/mol.